The van der Waals surface area contributed by atoms with Crippen LogP contribution < -0.4 is 14.8 Å². The highest BCUT2D eigenvalue weighted by molar-refractivity contribution is 5.44. The van der Waals surface area contributed by atoms with Gasteiger partial charge in [0.15, 0.2) is 11.5 Å². The molecule has 1 aromatic rings. The van der Waals surface area contributed by atoms with Crippen molar-refractivity contribution in [1.82, 2.24) is 10.2 Å². The van der Waals surface area contributed by atoms with E-state index in [4.69, 9.17) is 9.47 Å². The summed E-state index contributed by atoms with van der Waals surface area (Å²) in [4.78, 5) is 2.60. The molecule has 1 aliphatic heterocycles. The average Bonchev–Trinajstić information content (AvgIpc) is 2.57. The first-order valence-corrected chi connectivity index (χ1v) is 8.55. The highest BCUT2D eigenvalue weighted by atomic mass is 16.5. The average molecular weight is 306 g/mol. The molecular weight excluding hydrogens is 276 g/mol. The first-order chi connectivity index (χ1) is 10.8. The van der Waals surface area contributed by atoms with E-state index < -0.39 is 0 Å². The lowest BCUT2D eigenvalue weighted by Gasteiger charge is -2.35. The van der Waals surface area contributed by atoms with Crippen molar-refractivity contribution in [1.29, 1.82) is 0 Å². The van der Waals surface area contributed by atoms with Crippen LogP contribution in [0.5, 0.6) is 11.5 Å². The fourth-order valence-corrected chi connectivity index (χ4v) is 3.12. The van der Waals surface area contributed by atoms with Crippen molar-refractivity contribution >= 4 is 0 Å². The Morgan fingerprint density at radius 2 is 1.95 bits per heavy atom. The Bertz CT molecular complexity index is 445. The van der Waals surface area contributed by atoms with Crippen LogP contribution in [0.4, 0.5) is 0 Å². The fourth-order valence-electron chi connectivity index (χ4n) is 3.12. The maximum Gasteiger partial charge on any atom is 0.161 e. The van der Waals surface area contributed by atoms with Gasteiger partial charge in [0.2, 0.25) is 0 Å². The van der Waals surface area contributed by atoms with Gasteiger partial charge in [0.1, 0.15) is 0 Å². The van der Waals surface area contributed by atoms with Gasteiger partial charge in [0.25, 0.3) is 0 Å². The number of hydrogen-bond donors (Lipinski definition) is 1. The summed E-state index contributed by atoms with van der Waals surface area (Å²) < 4.78 is 11.2. The van der Waals surface area contributed by atoms with Crippen LogP contribution in [-0.4, -0.2) is 44.8 Å². The lowest BCUT2D eigenvalue weighted by Crippen LogP contribution is -2.45. The minimum Gasteiger partial charge on any atom is -0.493 e. The number of unbranched alkanes of at least 4 members (excludes halogenated alkanes) is 1. The van der Waals surface area contributed by atoms with E-state index >= 15 is 0 Å². The number of hydrogen-bond acceptors (Lipinski definition) is 4. The number of rotatable bonds is 8. The predicted octanol–water partition coefficient (Wildman–Crippen LogP) is 3.23. The van der Waals surface area contributed by atoms with Gasteiger partial charge in [-0.1, -0.05) is 25.8 Å². The van der Waals surface area contributed by atoms with E-state index in [-0.39, 0.29) is 0 Å². The lowest BCUT2D eigenvalue weighted by atomic mass is 9.98. The second kappa shape index (κ2) is 9.01. The van der Waals surface area contributed by atoms with Gasteiger partial charge in [-0.2, -0.15) is 0 Å². The Balaban J connectivity index is 2.21. The normalized spacial score (nSPS) is 17.2. The summed E-state index contributed by atoms with van der Waals surface area (Å²) in [6, 6.07) is 6.90. The third-order valence-corrected chi connectivity index (χ3v) is 4.30. The van der Waals surface area contributed by atoms with Crippen LogP contribution in [-0.2, 0) is 0 Å². The van der Waals surface area contributed by atoms with Crippen LogP contribution >= 0.6 is 0 Å². The summed E-state index contributed by atoms with van der Waals surface area (Å²) in [5.41, 5.74) is 1.34. The lowest BCUT2D eigenvalue weighted by molar-refractivity contribution is 0.163. The Morgan fingerprint density at radius 1 is 1.18 bits per heavy atom. The number of ether oxygens (including phenoxy) is 2. The Hall–Kier alpha value is -1.26. The Kier molecular flexibility index (Phi) is 7.00. The number of nitrogens with one attached hydrogen (secondary N) is 1. The smallest absolute Gasteiger partial charge is 0.161 e. The quantitative estimate of drug-likeness (QED) is 0.799. The van der Waals surface area contributed by atoms with Crippen LogP contribution in [0.3, 0.4) is 0 Å². The van der Waals surface area contributed by atoms with Crippen LogP contribution in [0.25, 0.3) is 0 Å². The molecule has 1 atom stereocenters. The molecule has 124 valence electrons. The molecule has 1 N–H and O–H groups in total. The molecule has 4 nitrogen and oxygen atoms in total. The molecule has 4 heteroatoms. The monoisotopic (exact) mass is 306 g/mol. The maximum atomic E-state index is 5.64. The highest BCUT2D eigenvalue weighted by Gasteiger charge is 2.22. The molecule has 0 aromatic heterocycles. The number of benzene rings is 1. The molecule has 1 heterocycles. The molecule has 22 heavy (non-hydrogen) atoms. The van der Waals surface area contributed by atoms with Crippen LogP contribution in [0.2, 0.25) is 0 Å². The summed E-state index contributed by atoms with van der Waals surface area (Å²) in [6.45, 7) is 9.31. The van der Waals surface area contributed by atoms with E-state index in [2.05, 4.69) is 35.3 Å². The van der Waals surface area contributed by atoms with Gasteiger partial charge in [-0.05, 0) is 31.0 Å². The molecule has 0 amide bonds. The SMILES string of the molecule is CCCC[C@@H](c1ccc(OCC)c(OC)c1)N1CCNCC1. The van der Waals surface area contributed by atoms with E-state index in [9.17, 15) is 0 Å². The number of methoxy groups -OCH3 is 1. The zero-order valence-corrected chi connectivity index (χ0v) is 14.2. The van der Waals surface area contributed by atoms with Gasteiger partial charge >= 0.3 is 0 Å². The Morgan fingerprint density at radius 3 is 2.59 bits per heavy atom. The molecular formula is C18H30N2O2. The molecule has 0 bridgehead atoms. The van der Waals surface area contributed by atoms with E-state index in [0.717, 1.165) is 37.7 Å². The number of piperazine rings is 1. The summed E-state index contributed by atoms with van der Waals surface area (Å²) in [5.74, 6) is 1.68. The molecule has 1 aromatic carbocycles. The van der Waals surface area contributed by atoms with E-state index in [1.807, 2.05) is 6.92 Å². The van der Waals surface area contributed by atoms with Gasteiger partial charge in [-0.15, -0.1) is 0 Å². The standard InChI is InChI=1S/C18H30N2O2/c1-4-6-7-16(20-12-10-19-11-13-20)15-8-9-17(22-5-2)18(14-15)21-3/h8-9,14,16,19H,4-7,10-13H2,1-3H3/t16-/m0/s1. The second-order valence-electron chi connectivity index (χ2n) is 5.79. The zero-order chi connectivity index (χ0) is 15.8. The molecule has 1 aliphatic rings. The highest BCUT2D eigenvalue weighted by Crippen LogP contribution is 2.34. The van der Waals surface area contributed by atoms with Gasteiger partial charge in [0.05, 0.1) is 13.7 Å². The molecule has 1 fully saturated rings. The largest absolute Gasteiger partial charge is 0.493 e. The maximum absolute atomic E-state index is 5.64. The van der Waals surface area contributed by atoms with Crippen molar-refractivity contribution in [2.24, 2.45) is 0 Å². The third kappa shape index (κ3) is 4.37. The summed E-state index contributed by atoms with van der Waals surface area (Å²) in [7, 11) is 1.72. The molecule has 1 saturated heterocycles. The van der Waals surface area contributed by atoms with E-state index in [1.54, 1.807) is 7.11 Å². The summed E-state index contributed by atoms with van der Waals surface area (Å²) in [6.07, 6.45) is 3.69. The zero-order valence-electron chi connectivity index (χ0n) is 14.2. The molecule has 0 spiro atoms. The minimum atomic E-state index is 0.478. The molecule has 0 unspecified atom stereocenters. The van der Waals surface area contributed by atoms with Crippen molar-refractivity contribution < 1.29 is 9.47 Å². The third-order valence-electron chi connectivity index (χ3n) is 4.30. The number of nitrogens with zero attached hydrogens (tertiary/aromatic N) is 1. The van der Waals surface area contributed by atoms with Crippen molar-refractivity contribution in [2.75, 3.05) is 39.9 Å². The van der Waals surface area contributed by atoms with Gasteiger partial charge in [-0.25, -0.2) is 0 Å². The second-order valence-corrected chi connectivity index (χ2v) is 5.79. The fraction of sp³-hybridized carbons (Fsp3) is 0.667. The van der Waals surface area contributed by atoms with Crippen LogP contribution in [0.1, 0.15) is 44.7 Å². The minimum absolute atomic E-state index is 0.478. The first-order valence-electron chi connectivity index (χ1n) is 8.55. The van der Waals surface area contributed by atoms with Gasteiger partial charge in [0, 0.05) is 32.2 Å². The Labute approximate surface area is 134 Å². The molecule has 0 saturated carbocycles. The molecule has 0 aliphatic carbocycles. The van der Waals surface area contributed by atoms with Crippen LogP contribution in [0.15, 0.2) is 18.2 Å². The predicted molar refractivity (Wildman–Crippen MR) is 90.9 cm³/mol. The van der Waals surface area contributed by atoms with Gasteiger partial charge < -0.3 is 14.8 Å². The van der Waals surface area contributed by atoms with Gasteiger partial charge in [-0.3, -0.25) is 4.90 Å². The van der Waals surface area contributed by atoms with Crippen molar-refractivity contribution in [2.45, 2.75) is 39.2 Å². The van der Waals surface area contributed by atoms with Crippen molar-refractivity contribution in [3.63, 3.8) is 0 Å². The molecule has 0 radical (unpaired) electrons. The van der Waals surface area contributed by atoms with Crippen molar-refractivity contribution in [3.8, 4) is 11.5 Å². The van der Waals surface area contributed by atoms with Crippen LogP contribution in [0, 0.1) is 0 Å². The van der Waals surface area contributed by atoms with E-state index in [1.165, 1.54) is 24.8 Å². The summed E-state index contributed by atoms with van der Waals surface area (Å²) in [5, 5.41) is 3.44. The topological polar surface area (TPSA) is 33.7 Å². The van der Waals surface area contributed by atoms with Crippen molar-refractivity contribution in [3.05, 3.63) is 23.8 Å². The first kappa shape index (κ1) is 17.1. The molecule has 2 rings (SSSR count). The summed E-state index contributed by atoms with van der Waals surface area (Å²) >= 11 is 0. The van der Waals surface area contributed by atoms with E-state index in [0.29, 0.717) is 12.6 Å².